The van der Waals surface area contributed by atoms with Gasteiger partial charge in [-0.15, -0.1) is 0 Å². The molecule has 2 aromatic rings. The molecule has 3 rings (SSSR count). The van der Waals surface area contributed by atoms with E-state index in [9.17, 15) is 19.2 Å². The summed E-state index contributed by atoms with van der Waals surface area (Å²) in [6, 6.07) is 14.7. The Morgan fingerprint density at radius 1 is 0.938 bits per heavy atom. The van der Waals surface area contributed by atoms with Crippen LogP contribution in [-0.2, 0) is 19.1 Å². The summed E-state index contributed by atoms with van der Waals surface area (Å²) < 4.78 is 5.32. The fourth-order valence-electron chi connectivity index (χ4n) is 3.76. The Kier molecular flexibility index (Phi) is 7.09. The van der Waals surface area contributed by atoms with Crippen molar-refractivity contribution in [3.8, 4) is 11.1 Å². The number of carboxylic acid groups (broad SMARTS) is 1. The Morgan fingerprint density at radius 2 is 1.50 bits per heavy atom. The number of amides is 3. The molecule has 1 atom stereocenters. The molecule has 0 radical (unpaired) electrons. The molecule has 4 N–H and O–H groups in total. The maximum Gasteiger partial charge on any atom is 0.426 e. The molecule has 32 heavy (non-hydrogen) atoms. The zero-order chi connectivity index (χ0) is 23.3. The molecule has 2 aromatic carbocycles. The van der Waals surface area contributed by atoms with Gasteiger partial charge in [0.25, 0.3) is 5.91 Å². The zero-order valence-electron chi connectivity index (χ0n) is 17.8. The van der Waals surface area contributed by atoms with Crippen LogP contribution in [0, 0.1) is 5.92 Å². The van der Waals surface area contributed by atoms with E-state index >= 15 is 0 Å². The van der Waals surface area contributed by atoms with Gasteiger partial charge in [-0.2, -0.15) is 0 Å². The topological polar surface area (TPSA) is 134 Å². The molecule has 0 aliphatic heterocycles. The van der Waals surface area contributed by atoms with E-state index in [-0.39, 0.29) is 24.9 Å². The van der Waals surface area contributed by atoms with E-state index in [1.807, 2.05) is 62.4 Å². The van der Waals surface area contributed by atoms with Gasteiger partial charge in [-0.3, -0.25) is 15.0 Å². The van der Waals surface area contributed by atoms with Crippen molar-refractivity contribution >= 4 is 23.9 Å². The second-order valence-electron chi connectivity index (χ2n) is 7.90. The number of carboxylic acids is 1. The van der Waals surface area contributed by atoms with Gasteiger partial charge >= 0.3 is 18.0 Å². The van der Waals surface area contributed by atoms with Crippen LogP contribution in [0.2, 0.25) is 0 Å². The van der Waals surface area contributed by atoms with Gasteiger partial charge in [0.05, 0.1) is 0 Å². The first-order chi connectivity index (χ1) is 15.3. The highest BCUT2D eigenvalue weighted by Gasteiger charge is 2.29. The number of hydrazine groups is 1. The standard InChI is InChI=1S/C23H25N3O6/c1-13(2)11-19(24-21(28)22(29)30)20(27)25-26-23(31)32-12-18-16-9-5-3-7-14(16)15-8-4-6-10-17(15)18/h3-10,13,18-19H,11-12H2,1-2H3,(H,24,28)(H,25,27)(H,26,31)(H,29,30)/t19-/m1/s1. The molecule has 0 saturated heterocycles. The molecule has 0 saturated carbocycles. The number of rotatable bonds is 6. The number of fused-ring (bicyclic) bond motifs is 3. The van der Waals surface area contributed by atoms with Crippen LogP contribution in [0.4, 0.5) is 4.79 Å². The first-order valence-electron chi connectivity index (χ1n) is 10.2. The number of carbonyl (C=O) groups excluding carboxylic acids is 3. The molecule has 168 valence electrons. The van der Waals surface area contributed by atoms with Crippen molar-refractivity contribution < 1.29 is 29.0 Å². The van der Waals surface area contributed by atoms with Gasteiger partial charge < -0.3 is 15.2 Å². The van der Waals surface area contributed by atoms with Gasteiger partial charge in [-0.05, 0) is 34.6 Å². The SMILES string of the molecule is CC(C)C[C@@H](NC(=O)C(=O)O)C(=O)NNC(=O)OCC1c2ccccc2-c2ccccc21. The number of aliphatic carboxylic acids is 1. The van der Waals surface area contributed by atoms with Gasteiger partial charge in [0.2, 0.25) is 0 Å². The minimum absolute atomic E-state index is 0.00528. The number of carbonyl (C=O) groups is 4. The van der Waals surface area contributed by atoms with Crippen molar-refractivity contribution in [2.75, 3.05) is 6.61 Å². The van der Waals surface area contributed by atoms with Gasteiger partial charge in [0, 0.05) is 5.92 Å². The first-order valence-corrected chi connectivity index (χ1v) is 10.2. The highest BCUT2D eigenvalue weighted by molar-refractivity contribution is 6.32. The fourth-order valence-corrected chi connectivity index (χ4v) is 3.76. The number of hydrogen-bond donors (Lipinski definition) is 4. The maximum atomic E-state index is 12.3. The molecule has 0 spiro atoms. The monoisotopic (exact) mass is 439 g/mol. The fraction of sp³-hybridized carbons (Fsp3) is 0.304. The van der Waals surface area contributed by atoms with Crippen LogP contribution in [0.25, 0.3) is 11.1 Å². The summed E-state index contributed by atoms with van der Waals surface area (Å²) in [6.07, 6.45) is -0.676. The number of ether oxygens (including phenoxy) is 1. The summed E-state index contributed by atoms with van der Waals surface area (Å²) in [6.45, 7) is 3.69. The van der Waals surface area contributed by atoms with Crippen LogP contribution >= 0.6 is 0 Å². The normalized spacial score (nSPS) is 13.0. The maximum absolute atomic E-state index is 12.3. The highest BCUT2D eigenvalue weighted by Crippen LogP contribution is 2.44. The van der Waals surface area contributed by atoms with Crippen molar-refractivity contribution in [1.29, 1.82) is 0 Å². The lowest BCUT2D eigenvalue weighted by molar-refractivity contribution is -0.151. The molecule has 1 aliphatic rings. The summed E-state index contributed by atoms with van der Waals surface area (Å²) in [5, 5.41) is 10.9. The Bertz CT molecular complexity index is 990. The molecule has 3 amide bonds. The number of benzene rings is 2. The lowest BCUT2D eigenvalue weighted by atomic mass is 9.98. The molecule has 9 heteroatoms. The third-order valence-corrected chi connectivity index (χ3v) is 5.15. The molecule has 0 unspecified atom stereocenters. The Balaban J connectivity index is 1.57. The lowest BCUT2D eigenvalue weighted by Crippen LogP contribution is -2.53. The van der Waals surface area contributed by atoms with E-state index in [4.69, 9.17) is 9.84 Å². The quantitative estimate of drug-likeness (QED) is 0.403. The van der Waals surface area contributed by atoms with Crippen LogP contribution in [0.1, 0.15) is 37.3 Å². The molecule has 0 fully saturated rings. The van der Waals surface area contributed by atoms with Gasteiger partial charge in [-0.1, -0.05) is 62.4 Å². The van der Waals surface area contributed by atoms with E-state index in [0.29, 0.717) is 0 Å². The highest BCUT2D eigenvalue weighted by atomic mass is 16.6. The van der Waals surface area contributed by atoms with E-state index in [0.717, 1.165) is 22.3 Å². The van der Waals surface area contributed by atoms with Gasteiger partial charge in [0.1, 0.15) is 12.6 Å². The molecule has 0 bridgehead atoms. The predicted molar refractivity (Wildman–Crippen MR) is 115 cm³/mol. The molecular weight excluding hydrogens is 414 g/mol. The Morgan fingerprint density at radius 3 is 2.03 bits per heavy atom. The second kappa shape index (κ2) is 9.95. The lowest BCUT2D eigenvalue weighted by Gasteiger charge is -2.19. The first kappa shape index (κ1) is 22.8. The second-order valence-corrected chi connectivity index (χ2v) is 7.90. The Labute approximate surface area is 185 Å². The minimum Gasteiger partial charge on any atom is -0.474 e. The van der Waals surface area contributed by atoms with Crippen molar-refractivity contribution in [3.63, 3.8) is 0 Å². The molecule has 0 aromatic heterocycles. The van der Waals surface area contributed by atoms with Crippen molar-refractivity contribution in [3.05, 3.63) is 59.7 Å². The number of nitrogens with one attached hydrogen (secondary N) is 3. The summed E-state index contributed by atoms with van der Waals surface area (Å²) in [5.41, 5.74) is 8.62. The molecule has 9 nitrogen and oxygen atoms in total. The van der Waals surface area contributed by atoms with Crippen molar-refractivity contribution in [2.24, 2.45) is 5.92 Å². The van der Waals surface area contributed by atoms with Gasteiger partial charge in [-0.25, -0.2) is 15.0 Å². The van der Waals surface area contributed by atoms with E-state index in [1.54, 1.807) is 0 Å². The van der Waals surface area contributed by atoms with Crippen LogP contribution < -0.4 is 16.2 Å². The smallest absolute Gasteiger partial charge is 0.426 e. The van der Waals surface area contributed by atoms with E-state index in [1.165, 1.54) is 0 Å². The zero-order valence-corrected chi connectivity index (χ0v) is 17.8. The average molecular weight is 439 g/mol. The van der Waals surface area contributed by atoms with Crippen LogP contribution in [-0.4, -0.2) is 41.6 Å². The van der Waals surface area contributed by atoms with Crippen molar-refractivity contribution in [1.82, 2.24) is 16.2 Å². The summed E-state index contributed by atoms with van der Waals surface area (Å²) in [7, 11) is 0. The Hall–Kier alpha value is -3.88. The van der Waals surface area contributed by atoms with Crippen LogP contribution in [0.15, 0.2) is 48.5 Å². The number of hydrogen-bond acceptors (Lipinski definition) is 5. The molecule has 0 heterocycles. The third-order valence-electron chi connectivity index (χ3n) is 5.15. The summed E-state index contributed by atoms with van der Waals surface area (Å²) in [4.78, 5) is 46.7. The minimum atomic E-state index is -1.70. The van der Waals surface area contributed by atoms with Crippen molar-refractivity contribution in [2.45, 2.75) is 32.2 Å². The molecule has 1 aliphatic carbocycles. The largest absolute Gasteiger partial charge is 0.474 e. The van der Waals surface area contributed by atoms with E-state index in [2.05, 4.69) is 16.2 Å². The van der Waals surface area contributed by atoms with Gasteiger partial charge in [0.15, 0.2) is 0 Å². The average Bonchev–Trinajstić information content (AvgIpc) is 3.09. The molecular formula is C23H25N3O6. The van der Waals surface area contributed by atoms with Crippen LogP contribution in [0.5, 0.6) is 0 Å². The summed E-state index contributed by atoms with van der Waals surface area (Å²) >= 11 is 0. The summed E-state index contributed by atoms with van der Waals surface area (Å²) in [5.74, 6) is -3.88. The third kappa shape index (κ3) is 5.23. The predicted octanol–water partition coefficient (Wildman–Crippen LogP) is 2.17. The van der Waals surface area contributed by atoms with E-state index < -0.39 is 29.9 Å². The van der Waals surface area contributed by atoms with Crippen LogP contribution in [0.3, 0.4) is 0 Å².